The van der Waals surface area contributed by atoms with E-state index in [0.29, 0.717) is 11.3 Å². The fourth-order valence-corrected chi connectivity index (χ4v) is 5.63. The Kier molecular flexibility index (Phi) is 5.34. The lowest BCUT2D eigenvalue weighted by Crippen LogP contribution is -2.28. The maximum Gasteiger partial charge on any atom is 0.266 e. The molecule has 0 bridgehead atoms. The Morgan fingerprint density at radius 2 is 1.70 bits per heavy atom. The third-order valence-corrected chi connectivity index (χ3v) is 7.38. The van der Waals surface area contributed by atoms with E-state index >= 15 is 0 Å². The summed E-state index contributed by atoms with van der Waals surface area (Å²) in [5.74, 6) is -0.754. The Hall–Kier alpha value is -2.64. The summed E-state index contributed by atoms with van der Waals surface area (Å²) >= 11 is 1.04. The van der Waals surface area contributed by atoms with E-state index in [1.54, 1.807) is 17.5 Å². The first-order chi connectivity index (χ1) is 12.9. The number of sulfonamides is 1. The number of carbonyl (C=O) groups is 1. The predicted octanol–water partition coefficient (Wildman–Crippen LogP) is 3.90. The lowest BCUT2D eigenvalue weighted by molar-refractivity contribution is 0.100. The first-order valence-corrected chi connectivity index (χ1v) is 10.7. The first kappa shape index (κ1) is 19.1. The van der Waals surface area contributed by atoms with Crippen LogP contribution in [0, 0.1) is 0 Å². The van der Waals surface area contributed by atoms with Crippen LogP contribution in [0.2, 0.25) is 0 Å². The smallest absolute Gasteiger partial charge is 0.266 e. The van der Waals surface area contributed by atoms with Crippen molar-refractivity contribution in [2.75, 3.05) is 11.4 Å². The number of amides is 1. The number of thiophene rings is 1. The van der Waals surface area contributed by atoms with Gasteiger partial charge in [0.1, 0.15) is 9.77 Å². The third-order valence-electron chi connectivity index (χ3n) is 4.38. The molecule has 0 atom stereocenters. The number of nitrogens with two attached hydrogens (primary N) is 1. The SMILES string of the molecule is CCc1ccc(N(C)S(=O)(=O)c2c(-c3ccccc3)csc2C(N)=O)cc1. The minimum absolute atomic E-state index is 0.0332. The molecule has 0 saturated heterocycles. The molecule has 0 radical (unpaired) electrons. The number of primary amides is 1. The molecule has 0 aliphatic rings. The number of anilines is 1. The van der Waals surface area contributed by atoms with Crippen LogP contribution in [-0.2, 0) is 16.4 Å². The molecule has 7 heteroatoms. The van der Waals surface area contributed by atoms with Crippen molar-refractivity contribution in [3.05, 3.63) is 70.4 Å². The van der Waals surface area contributed by atoms with Gasteiger partial charge in [0.25, 0.3) is 15.9 Å². The Labute approximate surface area is 163 Å². The molecular weight excluding hydrogens is 380 g/mol. The summed E-state index contributed by atoms with van der Waals surface area (Å²) in [5, 5.41) is 1.66. The molecule has 0 aliphatic heterocycles. The van der Waals surface area contributed by atoms with Gasteiger partial charge in [-0.3, -0.25) is 9.10 Å². The van der Waals surface area contributed by atoms with Crippen LogP contribution in [0.5, 0.6) is 0 Å². The molecule has 140 valence electrons. The third kappa shape index (κ3) is 3.61. The second-order valence-electron chi connectivity index (χ2n) is 6.03. The molecule has 0 aliphatic carbocycles. The molecule has 3 aromatic rings. The average molecular weight is 401 g/mol. The van der Waals surface area contributed by atoms with E-state index in [9.17, 15) is 13.2 Å². The highest BCUT2D eigenvalue weighted by atomic mass is 32.2. The number of aryl methyl sites for hydroxylation is 1. The highest BCUT2D eigenvalue weighted by molar-refractivity contribution is 7.93. The van der Waals surface area contributed by atoms with Crippen LogP contribution in [0.1, 0.15) is 22.2 Å². The minimum atomic E-state index is -3.98. The lowest BCUT2D eigenvalue weighted by atomic mass is 10.1. The van der Waals surface area contributed by atoms with E-state index in [0.717, 1.165) is 28.9 Å². The zero-order valence-corrected chi connectivity index (χ0v) is 16.7. The fourth-order valence-electron chi connectivity index (χ4n) is 2.81. The molecule has 2 N–H and O–H groups in total. The molecule has 3 rings (SSSR count). The van der Waals surface area contributed by atoms with Gasteiger partial charge in [-0.1, -0.05) is 49.4 Å². The topological polar surface area (TPSA) is 80.5 Å². The summed E-state index contributed by atoms with van der Waals surface area (Å²) in [7, 11) is -2.50. The second kappa shape index (κ2) is 7.54. The van der Waals surface area contributed by atoms with Crippen LogP contribution in [0.25, 0.3) is 11.1 Å². The predicted molar refractivity (Wildman–Crippen MR) is 110 cm³/mol. The molecule has 0 saturated carbocycles. The summed E-state index contributed by atoms with van der Waals surface area (Å²) in [4.78, 5) is 11.9. The quantitative estimate of drug-likeness (QED) is 0.681. The number of hydrogen-bond donors (Lipinski definition) is 1. The molecule has 27 heavy (non-hydrogen) atoms. The van der Waals surface area contributed by atoms with Crippen molar-refractivity contribution in [3.8, 4) is 11.1 Å². The Balaban J connectivity index is 2.15. The summed E-state index contributed by atoms with van der Waals surface area (Å²) in [6.45, 7) is 2.03. The maximum atomic E-state index is 13.4. The van der Waals surface area contributed by atoms with Crippen molar-refractivity contribution in [2.24, 2.45) is 5.73 Å². The van der Waals surface area contributed by atoms with Crippen molar-refractivity contribution in [1.29, 1.82) is 0 Å². The molecule has 2 aromatic carbocycles. The van der Waals surface area contributed by atoms with Gasteiger partial charge in [-0.25, -0.2) is 8.42 Å². The summed E-state index contributed by atoms with van der Waals surface area (Å²) in [6, 6.07) is 16.4. The van der Waals surface area contributed by atoms with Crippen LogP contribution in [0.15, 0.2) is 64.9 Å². The zero-order valence-electron chi connectivity index (χ0n) is 15.0. The monoisotopic (exact) mass is 400 g/mol. The van der Waals surface area contributed by atoms with Crippen molar-refractivity contribution < 1.29 is 13.2 Å². The molecule has 1 amide bonds. The summed E-state index contributed by atoms with van der Waals surface area (Å²) in [6.07, 6.45) is 0.866. The van der Waals surface area contributed by atoms with Gasteiger partial charge in [0.05, 0.1) is 5.69 Å². The summed E-state index contributed by atoms with van der Waals surface area (Å²) < 4.78 is 28.0. The normalized spacial score (nSPS) is 11.3. The Morgan fingerprint density at radius 3 is 2.26 bits per heavy atom. The van der Waals surface area contributed by atoms with Crippen molar-refractivity contribution >= 4 is 33.0 Å². The number of nitrogens with zero attached hydrogens (tertiary/aromatic N) is 1. The van der Waals surface area contributed by atoms with Crippen molar-refractivity contribution in [2.45, 2.75) is 18.2 Å². The number of carbonyl (C=O) groups excluding carboxylic acids is 1. The van der Waals surface area contributed by atoms with Crippen LogP contribution in [-0.4, -0.2) is 21.4 Å². The molecule has 1 aromatic heterocycles. The van der Waals surface area contributed by atoms with E-state index in [2.05, 4.69) is 0 Å². The fraction of sp³-hybridized carbons (Fsp3) is 0.150. The van der Waals surface area contributed by atoms with E-state index in [-0.39, 0.29) is 9.77 Å². The first-order valence-electron chi connectivity index (χ1n) is 8.40. The molecule has 0 unspecified atom stereocenters. The molecule has 5 nitrogen and oxygen atoms in total. The van der Waals surface area contributed by atoms with Gasteiger partial charge >= 0.3 is 0 Å². The van der Waals surface area contributed by atoms with E-state index in [1.165, 1.54) is 11.4 Å². The summed E-state index contributed by atoms with van der Waals surface area (Å²) in [5.41, 5.74) is 8.30. The van der Waals surface area contributed by atoms with Gasteiger partial charge < -0.3 is 5.73 Å². The largest absolute Gasteiger partial charge is 0.365 e. The van der Waals surface area contributed by atoms with Crippen molar-refractivity contribution in [1.82, 2.24) is 0 Å². The van der Waals surface area contributed by atoms with Crippen LogP contribution < -0.4 is 10.0 Å². The molecular formula is C20H20N2O3S2. The van der Waals surface area contributed by atoms with Gasteiger partial charge in [-0.2, -0.15) is 0 Å². The van der Waals surface area contributed by atoms with Gasteiger partial charge in [0.2, 0.25) is 0 Å². The average Bonchev–Trinajstić information content (AvgIpc) is 3.14. The highest BCUT2D eigenvalue weighted by Gasteiger charge is 2.31. The van der Waals surface area contributed by atoms with E-state index in [1.807, 2.05) is 49.4 Å². The van der Waals surface area contributed by atoms with Crippen LogP contribution in [0.4, 0.5) is 5.69 Å². The van der Waals surface area contributed by atoms with Gasteiger partial charge in [0, 0.05) is 18.0 Å². The Bertz CT molecular complexity index is 1060. The van der Waals surface area contributed by atoms with Crippen LogP contribution >= 0.6 is 11.3 Å². The molecule has 0 fully saturated rings. The Morgan fingerprint density at radius 1 is 1.07 bits per heavy atom. The van der Waals surface area contributed by atoms with E-state index in [4.69, 9.17) is 5.73 Å². The van der Waals surface area contributed by atoms with E-state index < -0.39 is 15.9 Å². The standard InChI is InChI=1S/C20H20N2O3S2/c1-3-14-9-11-16(12-10-14)22(2)27(24,25)19-17(13-26-18(19)20(21)23)15-7-5-4-6-8-15/h4-13H,3H2,1-2H3,(H2,21,23). The zero-order chi connectivity index (χ0) is 19.6. The highest BCUT2D eigenvalue weighted by Crippen LogP contribution is 2.37. The second-order valence-corrected chi connectivity index (χ2v) is 8.82. The van der Waals surface area contributed by atoms with Crippen molar-refractivity contribution in [3.63, 3.8) is 0 Å². The molecule has 1 heterocycles. The van der Waals surface area contributed by atoms with Crippen LogP contribution in [0.3, 0.4) is 0 Å². The van der Waals surface area contributed by atoms with Gasteiger partial charge in [-0.05, 0) is 29.7 Å². The minimum Gasteiger partial charge on any atom is -0.365 e. The maximum absolute atomic E-state index is 13.4. The van der Waals surface area contributed by atoms with Gasteiger partial charge in [-0.15, -0.1) is 11.3 Å². The number of rotatable bonds is 6. The lowest BCUT2D eigenvalue weighted by Gasteiger charge is -2.21. The number of hydrogen-bond acceptors (Lipinski definition) is 4. The van der Waals surface area contributed by atoms with Gasteiger partial charge in [0.15, 0.2) is 0 Å². The number of benzene rings is 2. The molecule has 0 spiro atoms.